The Morgan fingerprint density at radius 1 is 1.19 bits per heavy atom. The van der Waals surface area contributed by atoms with E-state index in [9.17, 15) is 0 Å². The van der Waals surface area contributed by atoms with Gasteiger partial charge in [0.15, 0.2) is 5.96 Å². The fourth-order valence-corrected chi connectivity index (χ4v) is 2.20. The second-order valence-corrected chi connectivity index (χ2v) is 6.97. The molecular formula is C20H37IN4O2. The number of benzene rings is 1. The van der Waals surface area contributed by atoms with Crippen molar-refractivity contribution in [1.29, 1.82) is 0 Å². The van der Waals surface area contributed by atoms with Crippen LogP contribution in [0.2, 0.25) is 0 Å². The molecule has 0 fully saturated rings. The smallest absolute Gasteiger partial charge is 0.191 e. The van der Waals surface area contributed by atoms with Crippen LogP contribution in [0.15, 0.2) is 29.3 Å². The first-order valence-corrected chi connectivity index (χ1v) is 9.40. The van der Waals surface area contributed by atoms with Gasteiger partial charge in [0.2, 0.25) is 0 Å². The molecule has 6 nitrogen and oxygen atoms in total. The molecule has 2 N–H and O–H groups in total. The summed E-state index contributed by atoms with van der Waals surface area (Å²) in [7, 11) is 5.86. The molecule has 1 aromatic rings. The summed E-state index contributed by atoms with van der Waals surface area (Å²) in [5, 5.41) is 6.64. The minimum absolute atomic E-state index is 0. The topological polar surface area (TPSA) is 58.1 Å². The molecule has 1 rings (SSSR count). The molecule has 0 aliphatic heterocycles. The molecule has 0 radical (unpaired) electrons. The monoisotopic (exact) mass is 492 g/mol. The van der Waals surface area contributed by atoms with Gasteiger partial charge in [-0.1, -0.05) is 26.0 Å². The van der Waals surface area contributed by atoms with Gasteiger partial charge in [-0.25, -0.2) is 0 Å². The van der Waals surface area contributed by atoms with Crippen LogP contribution in [0.3, 0.4) is 0 Å². The maximum Gasteiger partial charge on any atom is 0.191 e. The van der Waals surface area contributed by atoms with Crippen LogP contribution >= 0.6 is 24.0 Å². The van der Waals surface area contributed by atoms with Gasteiger partial charge in [-0.2, -0.15) is 0 Å². The Labute approximate surface area is 182 Å². The minimum Gasteiger partial charge on any atom is -0.492 e. The molecule has 0 atom stereocenters. The highest BCUT2D eigenvalue weighted by Crippen LogP contribution is 2.13. The van der Waals surface area contributed by atoms with Crippen LogP contribution in [0.1, 0.15) is 25.8 Å². The van der Waals surface area contributed by atoms with Crippen molar-refractivity contribution in [3.63, 3.8) is 0 Å². The largest absolute Gasteiger partial charge is 0.492 e. The number of ether oxygens (including phenoxy) is 2. The summed E-state index contributed by atoms with van der Waals surface area (Å²) < 4.78 is 11.4. The van der Waals surface area contributed by atoms with Crippen molar-refractivity contribution < 1.29 is 9.47 Å². The molecular weight excluding hydrogens is 455 g/mol. The second kappa shape index (κ2) is 15.9. The van der Waals surface area contributed by atoms with Crippen molar-refractivity contribution >= 4 is 29.9 Å². The molecule has 0 aromatic heterocycles. The van der Waals surface area contributed by atoms with E-state index in [0.29, 0.717) is 19.1 Å². The Hall–Kier alpha value is -1.06. The third-order valence-electron chi connectivity index (χ3n) is 3.60. The molecule has 0 unspecified atom stereocenters. The zero-order valence-electron chi connectivity index (χ0n) is 17.5. The maximum absolute atomic E-state index is 5.78. The summed E-state index contributed by atoms with van der Waals surface area (Å²) in [5.41, 5.74) is 1.16. The van der Waals surface area contributed by atoms with Gasteiger partial charge in [0.25, 0.3) is 0 Å². The molecule has 0 bridgehead atoms. The Morgan fingerprint density at radius 2 is 1.96 bits per heavy atom. The van der Waals surface area contributed by atoms with Crippen LogP contribution in [0, 0.1) is 5.92 Å². The van der Waals surface area contributed by atoms with Crippen molar-refractivity contribution in [2.45, 2.75) is 26.8 Å². The number of guanidine groups is 1. The van der Waals surface area contributed by atoms with E-state index in [0.717, 1.165) is 50.0 Å². The van der Waals surface area contributed by atoms with Crippen LogP contribution in [0.5, 0.6) is 5.75 Å². The third kappa shape index (κ3) is 13.7. The lowest BCUT2D eigenvalue weighted by Crippen LogP contribution is -2.37. The number of halogens is 1. The molecule has 0 amide bonds. The normalized spacial score (nSPS) is 11.4. The quantitative estimate of drug-likeness (QED) is 0.203. The van der Waals surface area contributed by atoms with Gasteiger partial charge in [-0.3, -0.25) is 4.99 Å². The highest BCUT2D eigenvalue weighted by atomic mass is 127. The van der Waals surface area contributed by atoms with Gasteiger partial charge >= 0.3 is 0 Å². The standard InChI is InChI=1S/C20H36N4O2.HI/c1-17(2)16-25-12-7-10-22-20(21-3)23-15-18-8-6-9-19(14-18)26-13-11-24(4)5;/h6,8-9,14,17H,7,10-13,15-16H2,1-5H3,(H2,21,22,23);1H. The van der Waals surface area contributed by atoms with Crippen molar-refractivity contribution in [2.24, 2.45) is 10.9 Å². The third-order valence-corrected chi connectivity index (χ3v) is 3.60. The van der Waals surface area contributed by atoms with Gasteiger partial charge in [0, 0.05) is 39.9 Å². The van der Waals surface area contributed by atoms with Gasteiger partial charge in [0.1, 0.15) is 12.4 Å². The highest BCUT2D eigenvalue weighted by molar-refractivity contribution is 14.0. The zero-order chi connectivity index (χ0) is 19.2. The van der Waals surface area contributed by atoms with E-state index in [1.807, 2.05) is 26.2 Å². The Bertz CT molecular complexity index is 524. The summed E-state index contributed by atoms with van der Waals surface area (Å²) >= 11 is 0. The predicted molar refractivity (Wildman–Crippen MR) is 124 cm³/mol. The van der Waals surface area contributed by atoms with Crippen molar-refractivity contribution in [3.8, 4) is 5.75 Å². The number of likely N-dealkylation sites (N-methyl/N-ethyl adjacent to an activating group) is 1. The highest BCUT2D eigenvalue weighted by Gasteiger charge is 2.01. The first kappa shape index (κ1) is 25.9. The van der Waals surface area contributed by atoms with E-state index in [1.54, 1.807) is 7.05 Å². The molecule has 1 aromatic carbocycles. The number of rotatable bonds is 12. The number of nitrogens with zero attached hydrogens (tertiary/aromatic N) is 2. The second-order valence-electron chi connectivity index (χ2n) is 6.97. The molecule has 0 spiro atoms. The van der Waals surface area contributed by atoms with Gasteiger partial charge in [-0.05, 0) is 44.1 Å². The number of aliphatic imine (C=N–C) groups is 1. The average molecular weight is 492 g/mol. The number of hydrogen-bond acceptors (Lipinski definition) is 4. The van der Waals surface area contributed by atoms with Gasteiger partial charge in [0.05, 0.1) is 0 Å². The lowest BCUT2D eigenvalue weighted by atomic mass is 10.2. The summed E-state index contributed by atoms with van der Waals surface area (Å²) in [5.74, 6) is 2.28. The summed E-state index contributed by atoms with van der Waals surface area (Å²) in [6.45, 7) is 9.04. The summed E-state index contributed by atoms with van der Waals surface area (Å²) in [6, 6.07) is 8.15. The first-order chi connectivity index (χ1) is 12.5. The van der Waals surface area contributed by atoms with Gasteiger partial charge < -0.3 is 25.0 Å². The Kier molecular flexibility index (Phi) is 15.3. The zero-order valence-corrected chi connectivity index (χ0v) is 19.8. The van der Waals surface area contributed by atoms with Crippen LogP contribution in [0.4, 0.5) is 0 Å². The van der Waals surface area contributed by atoms with Crippen molar-refractivity contribution in [1.82, 2.24) is 15.5 Å². The summed E-state index contributed by atoms with van der Waals surface area (Å²) in [6.07, 6.45) is 0.961. The number of hydrogen-bond donors (Lipinski definition) is 2. The fraction of sp³-hybridized carbons (Fsp3) is 0.650. The van der Waals surface area contributed by atoms with E-state index in [2.05, 4.69) is 46.5 Å². The van der Waals surface area contributed by atoms with Crippen LogP contribution < -0.4 is 15.4 Å². The maximum atomic E-state index is 5.78. The molecule has 27 heavy (non-hydrogen) atoms. The molecule has 0 aliphatic carbocycles. The molecule has 7 heteroatoms. The number of nitrogens with one attached hydrogen (secondary N) is 2. The van der Waals surface area contributed by atoms with E-state index in [1.165, 1.54) is 0 Å². The molecule has 156 valence electrons. The fourth-order valence-electron chi connectivity index (χ4n) is 2.20. The molecule has 0 heterocycles. The van der Waals surface area contributed by atoms with Crippen LogP contribution in [-0.4, -0.2) is 64.9 Å². The van der Waals surface area contributed by atoms with E-state index < -0.39 is 0 Å². The SMILES string of the molecule is CN=C(NCCCOCC(C)C)NCc1cccc(OCCN(C)C)c1.I. The van der Waals surface area contributed by atoms with Crippen molar-refractivity contribution in [3.05, 3.63) is 29.8 Å². The summed E-state index contributed by atoms with van der Waals surface area (Å²) in [4.78, 5) is 6.36. The molecule has 0 saturated heterocycles. The van der Waals surface area contributed by atoms with Crippen LogP contribution in [0.25, 0.3) is 0 Å². The Morgan fingerprint density at radius 3 is 2.63 bits per heavy atom. The van der Waals surface area contributed by atoms with Crippen molar-refractivity contribution in [2.75, 3.05) is 54.1 Å². The lowest BCUT2D eigenvalue weighted by Gasteiger charge is -2.14. The Balaban J connectivity index is 0.00000676. The van der Waals surface area contributed by atoms with E-state index >= 15 is 0 Å². The minimum atomic E-state index is 0. The van der Waals surface area contributed by atoms with Crippen LogP contribution in [-0.2, 0) is 11.3 Å². The van der Waals surface area contributed by atoms with E-state index in [-0.39, 0.29) is 24.0 Å². The molecule has 0 aliphatic rings. The van der Waals surface area contributed by atoms with Gasteiger partial charge in [-0.15, -0.1) is 24.0 Å². The van der Waals surface area contributed by atoms with E-state index in [4.69, 9.17) is 9.47 Å². The average Bonchev–Trinajstić information content (AvgIpc) is 2.60. The molecule has 0 saturated carbocycles. The predicted octanol–water partition coefficient (Wildman–Crippen LogP) is 2.97. The lowest BCUT2D eigenvalue weighted by molar-refractivity contribution is 0.108. The first-order valence-electron chi connectivity index (χ1n) is 9.40.